The highest BCUT2D eigenvalue weighted by Crippen LogP contribution is 2.02. The van der Waals surface area contributed by atoms with Gasteiger partial charge in [0.05, 0.1) is 6.54 Å². The smallest absolute Gasteiger partial charge is 0.408 e. The lowest BCUT2D eigenvalue weighted by Gasteiger charge is -2.20. The van der Waals surface area contributed by atoms with Crippen molar-refractivity contribution in [2.75, 3.05) is 6.54 Å². The first-order valence-corrected chi connectivity index (χ1v) is 8.84. The molecule has 0 aliphatic carbocycles. The number of rotatable bonds is 9. The highest BCUT2D eigenvalue weighted by molar-refractivity contribution is 5.91. The Morgan fingerprint density at radius 1 is 1.07 bits per heavy atom. The number of carbonyl (C=O) groups excluding carboxylic acids is 4. The van der Waals surface area contributed by atoms with Crippen molar-refractivity contribution < 1.29 is 28.8 Å². The largest absolute Gasteiger partial charge is 0.445 e. The van der Waals surface area contributed by atoms with E-state index in [4.69, 9.17) is 10.5 Å². The number of benzene rings is 1. The number of hydrogen-bond acceptors (Lipinski definition) is 7. The average Bonchev–Trinajstić information content (AvgIpc) is 2.70. The lowest BCUT2D eigenvalue weighted by Crippen LogP contribution is -2.53. The molecule has 0 fully saturated rings. The van der Waals surface area contributed by atoms with E-state index in [0.29, 0.717) is 12.8 Å². The van der Waals surface area contributed by atoms with Crippen molar-refractivity contribution in [2.24, 2.45) is 5.73 Å². The van der Waals surface area contributed by atoms with Gasteiger partial charge in [-0.3, -0.25) is 9.59 Å². The molecule has 0 saturated carbocycles. The third kappa shape index (κ3) is 8.49. The van der Waals surface area contributed by atoms with Crippen molar-refractivity contribution in [1.29, 1.82) is 0 Å². The van der Waals surface area contributed by atoms with Gasteiger partial charge in [0.1, 0.15) is 18.7 Å². The topological polar surface area (TPSA) is 149 Å². The number of hydrogen-bond donors (Lipinski definition) is 4. The van der Waals surface area contributed by atoms with Gasteiger partial charge in [0, 0.05) is 0 Å². The van der Waals surface area contributed by atoms with E-state index in [2.05, 4.69) is 15.5 Å². The van der Waals surface area contributed by atoms with Crippen molar-refractivity contribution in [3.05, 3.63) is 35.9 Å². The Morgan fingerprint density at radius 2 is 1.75 bits per heavy atom. The van der Waals surface area contributed by atoms with Crippen LogP contribution in [0.5, 0.6) is 0 Å². The molecule has 0 unspecified atom stereocenters. The predicted molar refractivity (Wildman–Crippen MR) is 99.4 cm³/mol. The van der Waals surface area contributed by atoms with Gasteiger partial charge in [0.15, 0.2) is 0 Å². The molecule has 0 aliphatic heterocycles. The molecule has 0 aliphatic rings. The third-order valence-electron chi connectivity index (χ3n) is 3.58. The second-order valence-corrected chi connectivity index (χ2v) is 5.92. The van der Waals surface area contributed by atoms with E-state index in [1.54, 1.807) is 12.1 Å². The van der Waals surface area contributed by atoms with Crippen LogP contribution in [0.25, 0.3) is 0 Å². The summed E-state index contributed by atoms with van der Waals surface area (Å²) in [5.41, 5.74) is 7.83. The Balaban J connectivity index is 2.48. The second-order valence-electron chi connectivity index (χ2n) is 5.92. The van der Waals surface area contributed by atoms with Crippen LogP contribution < -0.4 is 21.8 Å². The lowest BCUT2D eigenvalue weighted by molar-refractivity contribution is -0.157. The Kier molecular flexibility index (Phi) is 10.0. The summed E-state index contributed by atoms with van der Waals surface area (Å²) in [7, 11) is 0. The molecule has 0 radical (unpaired) electrons. The van der Waals surface area contributed by atoms with Crippen LogP contribution in [0.4, 0.5) is 4.79 Å². The van der Waals surface area contributed by atoms with Crippen LogP contribution in [0.3, 0.4) is 0 Å². The molecule has 1 aromatic rings. The van der Waals surface area contributed by atoms with Crippen molar-refractivity contribution in [3.63, 3.8) is 0 Å². The van der Waals surface area contributed by atoms with Gasteiger partial charge >= 0.3 is 12.1 Å². The van der Waals surface area contributed by atoms with E-state index in [-0.39, 0.29) is 6.61 Å². The van der Waals surface area contributed by atoms with E-state index in [1.165, 1.54) is 6.92 Å². The molecule has 0 aromatic heterocycles. The first kappa shape index (κ1) is 22.9. The summed E-state index contributed by atoms with van der Waals surface area (Å²) in [6.07, 6.45) is 0.132. The summed E-state index contributed by atoms with van der Waals surface area (Å²) in [4.78, 5) is 51.6. The summed E-state index contributed by atoms with van der Waals surface area (Å²) in [5, 5.41) is 4.88. The van der Waals surface area contributed by atoms with Crippen LogP contribution in [0.2, 0.25) is 0 Å². The van der Waals surface area contributed by atoms with Crippen molar-refractivity contribution >= 4 is 23.9 Å². The number of alkyl carbamates (subject to hydrolysis) is 1. The van der Waals surface area contributed by atoms with E-state index < -0.39 is 42.5 Å². The number of ether oxygens (including phenoxy) is 1. The molecule has 10 nitrogen and oxygen atoms in total. The van der Waals surface area contributed by atoms with Gasteiger partial charge in [-0.2, -0.15) is 5.48 Å². The van der Waals surface area contributed by atoms with E-state index in [9.17, 15) is 19.2 Å². The van der Waals surface area contributed by atoms with Gasteiger partial charge in [0.25, 0.3) is 5.91 Å². The Labute approximate surface area is 163 Å². The lowest BCUT2D eigenvalue weighted by atomic mass is 10.1. The molecule has 0 heterocycles. The average molecular weight is 394 g/mol. The van der Waals surface area contributed by atoms with Gasteiger partial charge in [-0.1, -0.05) is 43.7 Å². The molecule has 10 heteroatoms. The summed E-state index contributed by atoms with van der Waals surface area (Å²) >= 11 is 0. The van der Waals surface area contributed by atoms with Gasteiger partial charge in [-0.05, 0) is 18.9 Å². The van der Waals surface area contributed by atoms with Crippen LogP contribution in [-0.4, -0.2) is 42.5 Å². The monoisotopic (exact) mass is 394 g/mol. The summed E-state index contributed by atoms with van der Waals surface area (Å²) in [6.45, 7) is 2.95. The van der Waals surface area contributed by atoms with E-state index >= 15 is 0 Å². The maximum Gasteiger partial charge on any atom is 0.408 e. The van der Waals surface area contributed by atoms with Crippen LogP contribution in [0, 0.1) is 0 Å². The van der Waals surface area contributed by atoms with Crippen molar-refractivity contribution in [2.45, 2.75) is 45.4 Å². The summed E-state index contributed by atoms with van der Waals surface area (Å²) in [6, 6.07) is 7.20. The molecular weight excluding hydrogens is 368 g/mol. The van der Waals surface area contributed by atoms with E-state index in [0.717, 1.165) is 5.56 Å². The van der Waals surface area contributed by atoms with Gasteiger partial charge in [-0.25, -0.2) is 9.59 Å². The molecule has 1 aromatic carbocycles. The molecule has 0 spiro atoms. The van der Waals surface area contributed by atoms with Gasteiger partial charge in [-0.15, -0.1) is 0 Å². The molecule has 0 saturated heterocycles. The van der Waals surface area contributed by atoms with Gasteiger partial charge < -0.3 is 25.9 Å². The Morgan fingerprint density at radius 3 is 2.36 bits per heavy atom. The van der Waals surface area contributed by atoms with Crippen LogP contribution >= 0.6 is 0 Å². The van der Waals surface area contributed by atoms with Crippen LogP contribution in [-0.2, 0) is 30.6 Å². The number of nitrogens with two attached hydrogens (primary N) is 1. The maximum atomic E-state index is 12.2. The first-order valence-electron chi connectivity index (χ1n) is 8.84. The minimum absolute atomic E-state index is 0.0639. The summed E-state index contributed by atoms with van der Waals surface area (Å²) < 4.78 is 5.05. The minimum atomic E-state index is -0.943. The minimum Gasteiger partial charge on any atom is -0.445 e. The maximum absolute atomic E-state index is 12.2. The zero-order valence-electron chi connectivity index (χ0n) is 15.9. The zero-order chi connectivity index (χ0) is 20.9. The standard InChI is InChI=1S/C18H26N4O6/c1-3-7-14(17(25)22-28-15(23)10-19)21-16(24)12(2)20-18(26)27-11-13-8-5-4-6-9-13/h4-6,8-9,12,14H,3,7,10-11,19H2,1-2H3,(H,20,26)(H,21,24)(H,22,25)/t12-,14-/m0/s1. The van der Waals surface area contributed by atoms with Gasteiger partial charge in [0.2, 0.25) is 5.91 Å². The first-order chi connectivity index (χ1) is 13.4. The van der Waals surface area contributed by atoms with Crippen LogP contribution in [0.15, 0.2) is 30.3 Å². The number of nitrogens with one attached hydrogen (secondary N) is 3. The SMILES string of the molecule is CCC[C@H](NC(=O)[C@H](C)NC(=O)OCc1ccccc1)C(=O)NOC(=O)CN. The second kappa shape index (κ2) is 12.3. The summed E-state index contributed by atoms with van der Waals surface area (Å²) in [5.74, 6) is -2.10. The van der Waals surface area contributed by atoms with Crippen LogP contribution in [0.1, 0.15) is 32.3 Å². The normalized spacial score (nSPS) is 12.2. The Bertz CT molecular complexity index is 667. The fourth-order valence-electron chi connectivity index (χ4n) is 2.08. The predicted octanol–water partition coefficient (Wildman–Crippen LogP) is 0.119. The highest BCUT2D eigenvalue weighted by atomic mass is 16.7. The molecule has 154 valence electrons. The van der Waals surface area contributed by atoms with Crippen molar-refractivity contribution in [1.82, 2.24) is 16.1 Å². The molecule has 1 rings (SSSR count). The molecule has 0 bridgehead atoms. The number of amides is 3. The van der Waals surface area contributed by atoms with E-state index in [1.807, 2.05) is 30.6 Å². The molecule has 5 N–H and O–H groups in total. The quantitative estimate of drug-likeness (QED) is 0.435. The molecule has 2 atom stereocenters. The fourth-order valence-corrected chi connectivity index (χ4v) is 2.08. The fraction of sp³-hybridized carbons (Fsp3) is 0.444. The highest BCUT2D eigenvalue weighted by Gasteiger charge is 2.24. The molecule has 28 heavy (non-hydrogen) atoms. The number of hydroxylamine groups is 1. The Hall–Kier alpha value is -3.14. The molecular formula is C18H26N4O6. The third-order valence-corrected chi connectivity index (χ3v) is 3.58. The van der Waals surface area contributed by atoms with Crippen molar-refractivity contribution in [3.8, 4) is 0 Å². The zero-order valence-corrected chi connectivity index (χ0v) is 15.9. The molecule has 3 amide bonds. The number of carbonyl (C=O) groups is 4.